The largest absolute Gasteiger partial charge is 0.375 e. The van der Waals surface area contributed by atoms with E-state index in [4.69, 9.17) is 4.74 Å². The Morgan fingerprint density at radius 3 is 2.91 bits per heavy atom. The Labute approximate surface area is 141 Å². The van der Waals surface area contributed by atoms with Crippen molar-refractivity contribution in [1.82, 2.24) is 14.7 Å². The summed E-state index contributed by atoms with van der Waals surface area (Å²) < 4.78 is 7.39. The Balaban J connectivity index is 0.00000121. The van der Waals surface area contributed by atoms with E-state index in [-0.39, 0.29) is 42.9 Å². The highest BCUT2D eigenvalue weighted by atomic mass is 35.5. The SMILES string of the molecule is Cc1cn2cc(NC(=O)[C@H]3NCCO[C@@H]3C)ccc2n1.Cl.Cl. The maximum absolute atomic E-state index is 12.2. The number of aromatic nitrogens is 2. The standard InChI is InChI=1S/C14H18N4O2.2ClH/c1-9-7-18-8-11(3-4-12(18)16-9)17-14(19)13-10(2)20-6-5-15-13;;/h3-4,7-8,10,13,15H,5-6H2,1-2H3,(H,17,19);2*1H/t10-,13+;;/m1../s1. The Bertz CT molecular complexity index is 647. The van der Waals surface area contributed by atoms with Crippen LogP contribution in [0.1, 0.15) is 12.6 Å². The van der Waals surface area contributed by atoms with Crippen molar-refractivity contribution in [2.45, 2.75) is 26.0 Å². The van der Waals surface area contributed by atoms with E-state index >= 15 is 0 Å². The number of halogens is 2. The summed E-state index contributed by atoms with van der Waals surface area (Å²) in [6.45, 7) is 5.18. The molecule has 1 aliphatic rings. The number of ether oxygens (including phenoxy) is 1. The van der Waals surface area contributed by atoms with Gasteiger partial charge in [0.25, 0.3) is 0 Å². The molecule has 0 radical (unpaired) electrons. The summed E-state index contributed by atoms with van der Waals surface area (Å²) in [5.41, 5.74) is 2.57. The average Bonchev–Trinajstić information content (AvgIpc) is 2.78. The van der Waals surface area contributed by atoms with Gasteiger partial charge in [0.2, 0.25) is 5.91 Å². The highest BCUT2D eigenvalue weighted by Gasteiger charge is 2.28. The number of hydrogen-bond acceptors (Lipinski definition) is 4. The van der Waals surface area contributed by atoms with E-state index in [0.29, 0.717) is 13.2 Å². The number of aryl methyl sites for hydroxylation is 1. The number of fused-ring (bicyclic) bond motifs is 1. The van der Waals surface area contributed by atoms with Crippen molar-refractivity contribution in [2.24, 2.45) is 0 Å². The van der Waals surface area contributed by atoms with Crippen LogP contribution in [0.5, 0.6) is 0 Å². The molecule has 1 aliphatic heterocycles. The van der Waals surface area contributed by atoms with Crippen LogP contribution in [-0.4, -0.2) is 40.6 Å². The molecule has 0 bridgehead atoms. The minimum atomic E-state index is -0.316. The van der Waals surface area contributed by atoms with Crippen LogP contribution in [0.2, 0.25) is 0 Å². The number of pyridine rings is 1. The van der Waals surface area contributed by atoms with Gasteiger partial charge in [-0.25, -0.2) is 4.98 Å². The van der Waals surface area contributed by atoms with Crippen LogP contribution >= 0.6 is 24.8 Å². The first-order valence-electron chi connectivity index (χ1n) is 6.75. The molecule has 0 saturated carbocycles. The molecule has 6 nitrogen and oxygen atoms in total. The van der Waals surface area contributed by atoms with Crippen molar-refractivity contribution >= 4 is 42.1 Å². The lowest BCUT2D eigenvalue weighted by molar-refractivity contribution is -0.123. The molecule has 3 heterocycles. The molecule has 2 atom stereocenters. The van der Waals surface area contributed by atoms with Gasteiger partial charge in [0.05, 0.1) is 24.1 Å². The number of carbonyl (C=O) groups excluding carboxylic acids is 1. The van der Waals surface area contributed by atoms with Crippen molar-refractivity contribution in [1.29, 1.82) is 0 Å². The fourth-order valence-corrected chi connectivity index (χ4v) is 2.44. The topological polar surface area (TPSA) is 67.7 Å². The van der Waals surface area contributed by atoms with Crippen LogP contribution in [0.4, 0.5) is 5.69 Å². The molecular formula is C14H20Cl2N4O2. The zero-order valence-corrected chi connectivity index (χ0v) is 14.0. The summed E-state index contributed by atoms with van der Waals surface area (Å²) in [4.78, 5) is 16.6. The summed E-state index contributed by atoms with van der Waals surface area (Å²) in [6, 6.07) is 3.43. The summed E-state index contributed by atoms with van der Waals surface area (Å²) in [6.07, 6.45) is 3.67. The lowest BCUT2D eigenvalue weighted by atomic mass is 10.1. The van der Waals surface area contributed by atoms with Gasteiger partial charge in [0, 0.05) is 18.9 Å². The number of anilines is 1. The molecule has 2 aromatic rings. The van der Waals surface area contributed by atoms with E-state index in [1.807, 2.05) is 42.8 Å². The van der Waals surface area contributed by atoms with Gasteiger partial charge >= 0.3 is 0 Å². The normalized spacial score (nSPS) is 20.8. The van der Waals surface area contributed by atoms with E-state index in [1.54, 1.807) is 0 Å². The smallest absolute Gasteiger partial charge is 0.244 e. The molecule has 122 valence electrons. The highest BCUT2D eigenvalue weighted by Crippen LogP contribution is 2.13. The fourth-order valence-electron chi connectivity index (χ4n) is 2.44. The van der Waals surface area contributed by atoms with E-state index in [2.05, 4.69) is 15.6 Å². The summed E-state index contributed by atoms with van der Waals surface area (Å²) in [7, 11) is 0. The lowest BCUT2D eigenvalue weighted by Crippen LogP contribution is -2.53. The number of nitrogens with one attached hydrogen (secondary N) is 2. The zero-order chi connectivity index (χ0) is 14.1. The van der Waals surface area contributed by atoms with Crippen LogP contribution in [-0.2, 0) is 9.53 Å². The third-order valence-electron chi connectivity index (χ3n) is 3.44. The first kappa shape index (κ1) is 18.7. The lowest BCUT2D eigenvalue weighted by Gasteiger charge is -2.29. The molecular weight excluding hydrogens is 327 g/mol. The van der Waals surface area contributed by atoms with Crippen molar-refractivity contribution in [3.63, 3.8) is 0 Å². The van der Waals surface area contributed by atoms with Crippen molar-refractivity contribution in [3.05, 3.63) is 30.2 Å². The van der Waals surface area contributed by atoms with Gasteiger partial charge in [-0.3, -0.25) is 4.79 Å². The molecule has 0 aromatic carbocycles. The predicted octanol–water partition coefficient (Wildman–Crippen LogP) is 1.80. The Morgan fingerprint density at radius 1 is 1.41 bits per heavy atom. The third kappa shape index (κ3) is 3.89. The van der Waals surface area contributed by atoms with Crippen molar-refractivity contribution in [2.75, 3.05) is 18.5 Å². The van der Waals surface area contributed by atoms with E-state index in [9.17, 15) is 4.79 Å². The molecule has 1 fully saturated rings. The molecule has 8 heteroatoms. The molecule has 0 unspecified atom stereocenters. The molecule has 0 spiro atoms. The molecule has 2 aromatic heterocycles. The van der Waals surface area contributed by atoms with Gasteiger partial charge in [-0.2, -0.15) is 0 Å². The van der Waals surface area contributed by atoms with Gasteiger partial charge in [0.1, 0.15) is 11.7 Å². The Morgan fingerprint density at radius 2 is 2.18 bits per heavy atom. The molecule has 1 saturated heterocycles. The number of amides is 1. The van der Waals surface area contributed by atoms with Gasteiger partial charge in [-0.05, 0) is 26.0 Å². The average molecular weight is 347 g/mol. The summed E-state index contributed by atoms with van der Waals surface area (Å²) >= 11 is 0. The minimum absolute atomic E-state index is 0. The zero-order valence-electron chi connectivity index (χ0n) is 12.4. The first-order chi connectivity index (χ1) is 9.63. The monoisotopic (exact) mass is 346 g/mol. The maximum Gasteiger partial charge on any atom is 0.244 e. The van der Waals surface area contributed by atoms with Crippen LogP contribution in [0.15, 0.2) is 24.5 Å². The summed E-state index contributed by atoms with van der Waals surface area (Å²) in [5.74, 6) is -0.0756. The summed E-state index contributed by atoms with van der Waals surface area (Å²) in [5, 5.41) is 6.09. The predicted molar refractivity (Wildman–Crippen MR) is 90.3 cm³/mol. The second kappa shape index (κ2) is 7.78. The van der Waals surface area contributed by atoms with Gasteiger partial charge < -0.3 is 19.8 Å². The number of nitrogens with zero attached hydrogens (tertiary/aromatic N) is 2. The van der Waals surface area contributed by atoms with Gasteiger partial charge in [-0.15, -0.1) is 24.8 Å². The second-order valence-electron chi connectivity index (χ2n) is 5.06. The van der Waals surface area contributed by atoms with Crippen LogP contribution in [0, 0.1) is 6.92 Å². The minimum Gasteiger partial charge on any atom is -0.375 e. The van der Waals surface area contributed by atoms with E-state index in [1.165, 1.54) is 0 Å². The highest BCUT2D eigenvalue weighted by molar-refractivity contribution is 5.95. The number of morpholine rings is 1. The van der Waals surface area contributed by atoms with Crippen LogP contribution in [0.3, 0.4) is 0 Å². The molecule has 3 rings (SSSR count). The van der Waals surface area contributed by atoms with Crippen molar-refractivity contribution in [3.8, 4) is 0 Å². The van der Waals surface area contributed by atoms with Gasteiger partial charge in [-0.1, -0.05) is 0 Å². The first-order valence-corrected chi connectivity index (χ1v) is 6.75. The number of imidazole rings is 1. The van der Waals surface area contributed by atoms with Gasteiger partial charge in [0.15, 0.2) is 0 Å². The Hall–Kier alpha value is -1.34. The molecule has 22 heavy (non-hydrogen) atoms. The van der Waals surface area contributed by atoms with Crippen molar-refractivity contribution < 1.29 is 9.53 Å². The third-order valence-corrected chi connectivity index (χ3v) is 3.44. The maximum atomic E-state index is 12.2. The van der Waals surface area contributed by atoms with Crippen LogP contribution in [0.25, 0.3) is 5.65 Å². The van der Waals surface area contributed by atoms with E-state index in [0.717, 1.165) is 17.0 Å². The quantitative estimate of drug-likeness (QED) is 0.869. The fraction of sp³-hybridized carbons (Fsp3) is 0.429. The Kier molecular flexibility index (Phi) is 6.62. The molecule has 0 aliphatic carbocycles. The van der Waals surface area contributed by atoms with E-state index < -0.39 is 0 Å². The number of carbonyl (C=O) groups is 1. The molecule has 1 amide bonds. The second-order valence-corrected chi connectivity index (χ2v) is 5.06. The number of rotatable bonds is 2. The molecule has 2 N–H and O–H groups in total. The number of hydrogen-bond donors (Lipinski definition) is 2. The van der Waals surface area contributed by atoms with Crippen LogP contribution < -0.4 is 10.6 Å².